The van der Waals surface area contributed by atoms with E-state index in [9.17, 15) is 0 Å². The van der Waals surface area contributed by atoms with Crippen LogP contribution in [0.25, 0.3) is 21.0 Å². The summed E-state index contributed by atoms with van der Waals surface area (Å²) >= 11 is 1.79. The van der Waals surface area contributed by atoms with Gasteiger partial charge in [-0.05, 0) is 28.5 Å². The maximum absolute atomic E-state index is 5.82. The van der Waals surface area contributed by atoms with Crippen LogP contribution in [0.15, 0.2) is 53.9 Å². The van der Waals surface area contributed by atoms with E-state index in [2.05, 4.69) is 51.6 Å². The molecular weight excluding hydrogens is 278 g/mol. The number of aromatic nitrogens is 2. The molecule has 0 fully saturated rings. The highest BCUT2D eigenvalue weighted by Gasteiger charge is 2.11. The number of rotatable bonds is 3. The summed E-state index contributed by atoms with van der Waals surface area (Å²) in [5.41, 5.74) is 9.24. The van der Waals surface area contributed by atoms with Crippen molar-refractivity contribution in [2.75, 3.05) is 0 Å². The van der Waals surface area contributed by atoms with Crippen LogP contribution in [0.1, 0.15) is 11.3 Å². The van der Waals surface area contributed by atoms with Gasteiger partial charge in [-0.1, -0.05) is 36.4 Å². The Morgan fingerprint density at radius 2 is 1.76 bits per heavy atom. The summed E-state index contributed by atoms with van der Waals surface area (Å²) in [6, 6.07) is 16.8. The number of hydrogen-bond acceptors (Lipinski definition) is 3. The predicted molar refractivity (Wildman–Crippen MR) is 88.6 cm³/mol. The van der Waals surface area contributed by atoms with Crippen LogP contribution in [0.2, 0.25) is 0 Å². The SMILES string of the molecule is NCc1nn(Cc2csc3ccccc23)c2ccccc12. The molecule has 0 spiro atoms. The number of nitrogens with two attached hydrogens (primary N) is 1. The molecule has 0 aliphatic carbocycles. The second-order valence-electron chi connectivity index (χ2n) is 5.08. The van der Waals surface area contributed by atoms with E-state index in [1.807, 2.05) is 12.1 Å². The average molecular weight is 293 g/mol. The number of thiophene rings is 1. The minimum Gasteiger partial charge on any atom is -0.325 e. The summed E-state index contributed by atoms with van der Waals surface area (Å²) in [4.78, 5) is 0. The van der Waals surface area contributed by atoms with Crippen molar-refractivity contribution in [1.29, 1.82) is 0 Å². The number of nitrogens with zero attached hydrogens (tertiary/aromatic N) is 2. The molecule has 0 aliphatic heterocycles. The quantitative estimate of drug-likeness (QED) is 0.625. The summed E-state index contributed by atoms with van der Waals surface area (Å²) in [5, 5.41) is 9.38. The number of benzene rings is 2. The summed E-state index contributed by atoms with van der Waals surface area (Å²) in [7, 11) is 0. The number of fused-ring (bicyclic) bond motifs is 2. The van der Waals surface area contributed by atoms with E-state index in [4.69, 9.17) is 5.73 Å². The van der Waals surface area contributed by atoms with Crippen LogP contribution >= 0.6 is 11.3 Å². The minimum absolute atomic E-state index is 0.470. The molecule has 0 unspecified atom stereocenters. The van der Waals surface area contributed by atoms with Gasteiger partial charge < -0.3 is 5.73 Å². The van der Waals surface area contributed by atoms with E-state index < -0.39 is 0 Å². The third kappa shape index (κ3) is 2.04. The molecule has 0 amide bonds. The summed E-state index contributed by atoms with van der Waals surface area (Å²) in [5.74, 6) is 0. The zero-order valence-corrected chi connectivity index (χ0v) is 12.3. The van der Waals surface area contributed by atoms with Crippen LogP contribution in [-0.4, -0.2) is 9.78 Å². The maximum Gasteiger partial charge on any atom is 0.0839 e. The van der Waals surface area contributed by atoms with Crippen molar-refractivity contribution in [2.45, 2.75) is 13.1 Å². The summed E-state index contributed by atoms with van der Waals surface area (Å²) in [6.07, 6.45) is 0. The van der Waals surface area contributed by atoms with E-state index in [0.717, 1.165) is 23.1 Å². The molecule has 4 rings (SSSR count). The van der Waals surface area contributed by atoms with E-state index in [1.54, 1.807) is 11.3 Å². The van der Waals surface area contributed by atoms with Crippen molar-refractivity contribution >= 4 is 32.3 Å². The van der Waals surface area contributed by atoms with Crippen molar-refractivity contribution in [3.8, 4) is 0 Å². The first-order valence-electron chi connectivity index (χ1n) is 6.96. The van der Waals surface area contributed by atoms with E-state index in [-0.39, 0.29) is 0 Å². The van der Waals surface area contributed by atoms with E-state index in [1.165, 1.54) is 15.6 Å². The second kappa shape index (κ2) is 4.98. The monoisotopic (exact) mass is 293 g/mol. The van der Waals surface area contributed by atoms with Crippen LogP contribution in [0.4, 0.5) is 0 Å². The minimum atomic E-state index is 0.470. The average Bonchev–Trinajstić information content (AvgIpc) is 3.10. The zero-order chi connectivity index (χ0) is 14.2. The van der Waals surface area contributed by atoms with Gasteiger partial charge in [0.15, 0.2) is 0 Å². The molecule has 0 saturated heterocycles. The van der Waals surface area contributed by atoms with Crippen molar-refractivity contribution in [1.82, 2.24) is 9.78 Å². The molecule has 0 saturated carbocycles. The molecule has 2 aromatic heterocycles. The predicted octanol–water partition coefficient (Wildman–Crippen LogP) is 3.76. The molecule has 0 radical (unpaired) electrons. The molecule has 2 aromatic carbocycles. The molecule has 3 nitrogen and oxygen atoms in total. The van der Waals surface area contributed by atoms with Crippen molar-refractivity contribution < 1.29 is 0 Å². The van der Waals surface area contributed by atoms with Gasteiger partial charge in [-0.2, -0.15) is 5.10 Å². The Bertz CT molecular complexity index is 920. The zero-order valence-electron chi connectivity index (χ0n) is 11.5. The maximum atomic E-state index is 5.82. The Balaban J connectivity index is 1.84. The molecule has 0 aliphatic rings. The van der Waals surface area contributed by atoms with Crippen molar-refractivity contribution in [3.05, 3.63) is 65.2 Å². The summed E-state index contributed by atoms with van der Waals surface area (Å²) in [6.45, 7) is 1.25. The fourth-order valence-electron chi connectivity index (χ4n) is 2.78. The number of para-hydroxylation sites is 1. The Morgan fingerprint density at radius 3 is 2.62 bits per heavy atom. The Labute approximate surface area is 126 Å². The molecule has 0 atom stereocenters. The Hall–Kier alpha value is -2.17. The third-order valence-corrected chi connectivity index (χ3v) is 4.82. The fourth-order valence-corrected chi connectivity index (χ4v) is 3.74. The van der Waals surface area contributed by atoms with Crippen molar-refractivity contribution in [3.63, 3.8) is 0 Å². The molecule has 21 heavy (non-hydrogen) atoms. The standard InChI is InChI=1S/C17H15N3S/c18-9-15-14-6-1-3-7-16(14)20(19-15)10-12-11-21-17-8-4-2-5-13(12)17/h1-8,11H,9-10,18H2. The highest BCUT2D eigenvalue weighted by Crippen LogP contribution is 2.27. The number of hydrogen-bond donors (Lipinski definition) is 1. The lowest BCUT2D eigenvalue weighted by molar-refractivity contribution is 0.698. The first-order chi connectivity index (χ1) is 10.4. The van der Waals surface area contributed by atoms with Gasteiger partial charge >= 0.3 is 0 Å². The summed E-state index contributed by atoms with van der Waals surface area (Å²) < 4.78 is 3.38. The molecule has 4 heteroatoms. The van der Waals surface area contributed by atoms with E-state index >= 15 is 0 Å². The van der Waals surface area contributed by atoms with Gasteiger partial charge in [0, 0.05) is 16.6 Å². The van der Waals surface area contributed by atoms with Gasteiger partial charge in [0.05, 0.1) is 17.8 Å². The fraction of sp³-hybridized carbons (Fsp3) is 0.118. The molecule has 2 N–H and O–H groups in total. The van der Waals surface area contributed by atoms with Crippen LogP contribution in [-0.2, 0) is 13.1 Å². The van der Waals surface area contributed by atoms with Crippen molar-refractivity contribution in [2.24, 2.45) is 5.73 Å². The molecule has 104 valence electrons. The lowest BCUT2D eigenvalue weighted by Gasteiger charge is -2.02. The second-order valence-corrected chi connectivity index (χ2v) is 5.99. The molecular formula is C17H15N3S. The highest BCUT2D eigenvalue weighted by atomic mass is 32.1. The molecule has 2 heterocycles. The van der Waals surface area contributed by atoms with Gasteiger partial charge in [-0.3, -0.25) is 4.68 Å². The van der Waals surface area contributed by atoms with Gasteiger partial charge in [-0.25, -0.2) is 0 Å². The topological polar surface area (TPSA) is 43.8 Å². The Morgan fingerprint density at radius 1 is 1.00 bits per heavy atom. The van der Waals surface area contributed by atoms with Gasteiger partial charge in [0.1, 0.15) is 0 Å². The van der Waals surface area contributed by atoms with Crippen LogP contribution < -0.4 is 5.73 Å². The highest BCUT2D eigenvalue weighted by molar-refractivity contribution is 7.17. The van der Waals surface area contributed by atoms with Crippen LogP contribution in [0.5, 0.6) is 0 Å². The van der Waals surface area contributed by atoms with E-state index in [0.29, 0.717) is 6.54 Å². The first-order valence-corrected chi connectivity index (χ1v) is 7.84. The van der Waals surface area contributed by atoms with Gasteiger partial charge in [-0.15, -0.1) is 11.3 Å². The van der Waals surface area contributed by atoms with Gasteiger partial charge in [0.25, 0.3) is 0 Å². The lowest BCUT2D eigenvalue weighted by atomic mass is 10.1. The Kier molecular flexibility index (Phi) is 2.98. The molecule has 4 aromatic rings. The smallest absolute Gasteiger partial charge is 0.0839 e. The molecule has 0 bridgehead atoms. The normalized spacial score (nSPS) is 11.5. The van der Waals surface area contributed by atoms with Crippen LogP contribution in [0, 0.1) is 0 Å². The van der Waals surface area contributed by atoms with Crippen LogP contribution in [0.3, 0.4) is 0 Å². The lowest BCUT2D eigenvalue weighted by Crippen LogP contribution is -2.03. The first kappa shape index (κ1) is 12.6. The third-order valence-electron chi connectivity index (χ3n) is 3.81. The van der Waals surface area contributed by atoms with Gasteiger partial charge in [0.2, 0.25) is 0 Å². The largest absolute Gasteiger partial charge is 0.325 e.